The Balaban J connectivity index is 1.76. The summed E-state index contributed by atoms with van der Waals surface area (Å²) in [6.07, 6.45) is -1.19. The predicted octanol–water partition coefficient (Wildman–Crippen LogP) is 2.98. The Labute approximate surface area is 158 Å². The van der Waals surface area contributed by atoms with Crippen LogP contribution in [-0.4, -0.2) is 45.0 Å². The first-order valence-electron chi connectivity index (χ1n) is 8.77. The molecule has 0 radical (unpaired) electrons. The number of aliphatic carboxylic acids is 1. The second kappa shape index (κ2) is 5.91. The monoisotopic (exact) mass is 380 g/mol. The zero-order chi connectivity index (χ0) is 19.4. The summed E-state index contributed by atoms with van der Waals surface area (Å²) in [4.78, 5) is 28.3. The molecular weight excluding hydrogens is 364 g/mol. The fourth-order valence-corrected chi connectivity index (χ4v) is 4.15. The molecule has 142 valence electrons. The molecule has 0 unspecified atom stereocenters. The van der Waals surface area contributed by atoms with E-state index in [1.165, 1.54) is 0 Å². The third-order valence-electron chi connectivity index (χ3n) is 5.35. The van der Waals surface area contributed by atoms with Gasteiger partial charge >= 0.3 is 12.1 Å². The molecule has 2 aromatic carbocycles. The summed E-state index contributed by atoms with van der Waals surface area (Å²) in [5, 5.41) is 20.5. The van der Waals surface area contributed by atoms with Crippen LogP contribution in [0.2, 0.25) is 0 Å². The molecule has 3 heterocycles. The predicted molar refractivity (Wildman–Crippen MR) is 97.7 cm³/mol. The van der Waals surface area contributed by atoms with E-state index in [0.717, 1.165) is 21.4 Å². The van der Waals surface area contributed by atoms with Crippen LogP contribution >= 0.6 is 0 Å². The second-order valence-corrected chi connectivity index (χ2v) is 6.83. The minimum atomic E-state index is -1.29. The Morgan fingerprint density at radius 2 is 1.86 bits per heavy atom. The molecule has 0 aliphatic carbocycles. The summed E-state index contributed by atoms with van der Waals surface area (Å²) >= 11 is 0. The molecule has 3 N–H and O–H groups in total. The van der Waals surface area contributed by atoms with Crippen molar-refractivity contribution in [2.75, 3.05) is 6.79 Å². The summed E-state index contributed by atoms with van der Waals surface area (Å²) in [6, 6.07) is 10.7. The second-order valence-electron chi connectivity index (χ2n) is 6.83. The van der Waals surface area contributed by atoms with E-state index < -0.39 is 24.1 Å². The van der Waals surface area contributed by atoms with Crippen LogP contribution in [-0.2, 0) is 11.2 Å². The van der Waals surface area contributed by atoms with Crippen LogP contribution in [0.25, 0.3) is 10.9 Å². The van der Waals surface area contributed by atoms with Crippen molar-refractivity contribution < 1.29 is 29.3 Å². The van der Waals surface area contributed by atoms with Gasteiger partial charge < -0.3 is 24.7 Å². The highest BCUT2D eigenvalue weighted by Gasteiger charge is 2.44. The van der Waals surface area contributed by atoms with Crippen molar-refractivity contribution in [2.24, 2.45) is 0 Å². The van der Waals surface area contributed by atoms with Gasteiger partial charge in [0.1, 0.15) is 12.1 Å². The van der Waals surface area contributed by atoms with E-state index in [1.807, 2.05) is 24.3 Å². The van der Waals surface area contributed by atoms with E-state index in [0.29, 0.717) is 22.8 Å². The lowest BCUT2D eigenvalue weighted by Crippen LogP contribution is -2.51. The molecular formula is C20H16N2O6. The standard InChI is InChI=1S/C20H16N2O6/c23-19(24)14-8-12-11-3-1-2-4-13(11)21-17(12)18(22(14)20(25)26)10-5-6-15-16(7-10)28-9-27-15/h1-7,14,18,21H,8-9H2,(H,23,24)(H,25,26)/t14-,18-/m1/s1. The molecule has 2 aliphatic heterocycles. The maximum atomic E-state index is 12.1. The Bertz CT molecular complexity index is 1120. The number of carboxylic acid groups (broad SMARTS) is 2. The topological polar surface area (TPSA) is 112 Å². The van der Waals surface area contributed by atoms with Crippen molar-refractivity contribution in [2.45, 2.75) is 18.5 Å². The van der Waals surface area contributed by atoms with Crippen LogP contribution in [0.1, 0.15) is 22.9 Å². The largest absolute Gasteiger partial charge is 0.480 e. The van der Waals surface area contributed by atoms with Crippen molar-refractivity contribution in [1.82, 2.24) is 9.88 Å². The number of amides is 1. The highest BCUT2D eigenvalue weighted by atomic mass is 16.7. The summed E-state index contributed by atoms with van der Waals surface area (Å²) in [6.45, 7) is 0.0987. The van der Waals surface area contributed by atoms with E-state index in [4.69, 9.17) is 9.47 Å². The lowest BCUT2D eigenvalue weighted by atomic mass is 9.88. The number of aromatic amines is 1. The highest BCUT2D eigenvalue weighted by molar-refractivity contribution is 5.89. The molecule has 8 heteroatoms. The van der Waals surface area contributed by atoms with Crippen LogP contribution < -0.4 is 9.47 Å². The first-order chi connectivity index (χ1) is 13.5. The summed E-state index contributed by atoms with van der Waals surface area (Å²) in [7, 11) is 0. The number of carbonyl (C=O) groups is 2. The zero-order valence-corrected chi connectivity index (χ0v) is 14.6. The van der Waals surface area contributed by atoms with Crippen LogP contribution in [0.15, 0.2) is 42.5 Å². The molecule has 2 aliphatic rings. The van der Waals surface area contributed by atoms with Crippen LogP contribution in [0.3, 0.4) is 0 Å². The van der Waals surface area contributed by atoms with Crippen molar-refractivity contribution in [3.05, 3.63) is 59.3 Å². The van der Waals surface area contributed by atoms with Gasteiger partial charge in [0.25, 0.3) is 0 Å². The number of H-pyrrole nitrogens is 1. The number of nitrogens with zero attached hydrogens (tertiary/aromatic N) is 1. The average molecular weight is 380 g/mol. The molecule has 0 saturated heterocycles. The first-order valence-corrected chi connectivity index (χ1v) is 8.77. The molecule has 0 bridgehead atoms. The normalized spacial score (nSPS) is 20.2. The van der Waals surface area contributed by atoms with Gasteiger partial charge in [-0.25, -0.2) is 9.59 Å². The maximum Gasteiger partial charge on any atom is 0.408 e. The molecule has 8 nitrogen and oxygen atoms in total. The lowest BCUT2D eigenvalue weighted by Gasteiger charge is -2.38. The maximum absolute atomic E-state index is 12.1. The Kier molecular flexibility index (Phi) is 3.48. The molecule has 28 heavy (non-hydrogen) atoms. The van der Waals surface area contributed by atoms with Gasteiger partial charge in [-0.05, 0) is 29.3 Å². The van der Waals surface area contributed by atoms with Crippen LogP contribution in [0.4, 0.5) is 4.79 Å². The molecule has 0 fully saturated rings. The minimum Gasteiger partial charge on any atom is -0.480 e. The summed E-state index contributed by atoms with van der Waals surface area (Å²) in [5.41, 5.74) is 2.96. The number of ether oxygens (including phenoxy) is 2. The quantitative estimate of drug-likeness (QED) is 0.630. The van der Waals surface area contributed by atoms with Gasteiger partial charge in [0, 0.05) is 23.0 Å². The molecule has 0 spiro atoms. The number of benzene rings is 2. The van der Waals surface area contributed by atoms with Crippen molar-refractivity contribution in [3.8, 4) is 11.5 Å². The number of aromatic nitrogens is 1. The lowest BCUT2D eigenvalue weighted by molar-refractivity contribution is -0.143. The van der Waals surface area contributed by atoms with Gasteiger partial charge in [0.2, 0.25) is 6.79 Å². The van der Waals surface area contributed by atoms with E-state index in [1.54, 1.807) is 18.2 Å². The molecule has 0 saturated carbocycles. The fraction of sp³-hybridized carbons (Fsp3) is 0.200. The third-order valence-corrected chi connectivity index (χ3v) is 5.35. The number of nitrogens with one attached hydrogen (secondary N) is 1. The smallest absolute Gasteiger partial charge is 0.408 e. The SMILES string of the molecule is O=C(O)[C@H]1Cc2c([nH]c3ccccc23)[C@@H](c2ccc3c(c2)OCO3)N1C(=O)O. The molecule has 1 aromatic heterocycles. The van der Waals surface area contributed by atoms with Gasteiger partial charge in [-0.1, -0.05) is 24.3 Å². The van der Waals surface area contributed by atoms with Gasteiger partial charge in [0.05, 0.1) is 0 Å². The Morgan fingerprint density at radius 1 is 1.07 bits per heavy atom. The number of rotatable bonds is 2. The van der Waals surface area contributed by atoms with E-state index in [2.05, 4.69) is 4.98 Å². The number of para-hydroxylation sites is 1. The summed E-state index contributed by atoms with van der Waals surface area (Å²) < 4.78 is 10.8. The zero-order valence-electron chi connectivity index (χ0n) is 14.6. The van der Waals surface area contributed by atoms with E-state index in [-0.39, 0.29) is 13.2 Å². The third kappa shape index (κ3) is 2.31. The number of carboxylic acids is 1. The number of hydrogen-bond acceptors (Lipinski definition) is 4. The van der Waals surface area contributed by atoms with Crippen molar-refractivity contribution in [3.63, 3.8) is 0 Å². The van der Waals surface area contributed by atoms with E-state index >= 15 is 0 Å². The van der Waals surface area contributed by atoms with Crippen molar-refractivity contribution >= 4 is 23.0 Å². The van der Waals surface area contributed by atoms with E-state index in [9.17, 15) is 19.8 Å². The number of fused-ring (bicyclic) bond motifs is 4. The molecule has 2 atom stereocenters. The minimum absolute atomic E-state index is 0.0987. The van der Waals surface area contributed by atoms with Gasteiger partial charge in [-0.15, -0.1) is 0 Å². The van der Waals surface area contributed by atoms with Gasteiger partial charge in [-0.3, -0.25) is 4.90 Å². The summed E-state index contributed by atoms with van der Waals surface area (Å²) in [5.74, 6) is -0.0879. The molecule has 1 amide bonds. The van der Waals surface area contributed by atoms with Crippen LogP contribution in [0, 0.1) is 0 Å². The van der Waals surface area contributed by atoms with Gasteiger partial charge in [0.15, 0.2) is 11.5 Å². The van der Waals surface area contributed by atoms with Gasteiger partial charge in [-0.2, -0.15) is 0 Å². The van der Waals surface area contributed by atoms with Crippen molar-refractivity contribution in [1.29, 1.82) is 0 Å². The average Bonchev–Trinajstić information content (AvgIpc) is 3.29. The Hall–Kier alpha value is -3.68. The van der Waals surface area contributed by atoms with Crippen LogP contribution in [0.5, 0.6) is 11.5 Å². The highest BCUT2D eigenvalue weighted by Crippen LogP contribution is 2.43. The Morgan fingerprint density at radius 3 is 2.64 bits per heavy atom. The number of hydrogen-bond donors (Lipinski definition) is 3. The first kappa shape index (κ1) is 16.5. The molecule has 5 rings (SSSR count). The molecule has 3 aromatic rings. The fourth-order valence-electron chi connectivity index (χ4n) is 4.15.